The number of halogens is 1. The molecule has 1 N–H and O–H groups in total. The van der Waals surface area contributed by atoms with Crippen LogP contribution in [0.4, 0.5) is 11.5 Å². The second-order valence-corrected chi connectivity index (χ2v) is 7.96. The Morgan fingerprint density at radius 2 is 2.07 bits per heavy atom. The van der Waals surface area contributed by atoms with Crippen LogP contribution < -0.4 is 10.6 Å². The normalized spacial score (nSPS) is 15.7. The Kier molecular flexibility index (Phi) is 3.99. The molecule has 0 fully saturated rings. The maximum Gasteiger partial charge on any atom is 0.349 e. The summed E-state index contributed by atoms with van der Waals surface area (Å²) in [7, 11) is 0. The smallest absolute Gasteiger partial charge is 0.349 e. The minimum absolute atomic E-state index is 0.206. The number of hydrogen-bond acceptors (Lipinski definition) is 4. The van der Waals surface area contributed by atoms with Gasteiger partial charge in [-0.25, -0.2) is 4.79 Å². The molecule has 1 aliphatic heterocycles. The molecule has 0 amide bonds. The first-order valence-corrected chi connectivity index (χ1v) is 9.72. The zero-order chi connectivity index (χ0) is 23.3. The summed E-state index contributed by atoms with van der Waals surface area (Å²) in [4.78, 5) is 18.9. The van der Waals surface area contributed by atoms with Gasteiger partial charge in [-0.1, -0.05) is 35.6 Å². The fraction of sp³-hybridized carbons (Fsp3) is 0.304. The molecule has 148 valence electrons. The lowest BCUT2D eigenvalue weighted by atomic mass is 9.95. The van der Waals surface area contributed by atoms with E-state index in [1.54, 1.807) is 32.0 Å². The van der Waals surface area contributed by atoms with Gasteiger partial charge in [0.05, 0.1) is 15.9 Å². The summed E-state index contributed by atoms with van der Waals surface area (Å²) in [5, 5.41) is 10.7. The van der Waals surface area contributed by atoms with E-state index >= 15 is 0 Å². The molecule has 1 aromatic heterocycles. The van der Waals surface area contributed by atoms with Gasteiger partial charge in [0.1, 0.15) is 11.4 Å². The summed E-state index contributed by atoms with van der Waals surface area (Å²) in [5.41, 5.74) is 0.830. The molecule has 0 saturated heterocycles. The van der Waals surface area contributed by atoms with E-state index in [1.807, 2.05) is 23.1 Å². The first-order chi connectivity index (χ1) is 15.0. The Balaban J connectivity index is 1.97. The van der Waals surface area contributed by atoms with E-state index in [0.717, 1.165) is 29.7 Å². The van der Waals surface area contributed by atoms with Gasteiger partial charge in [0.25, 0.3) is 0 Å². The van der Waals surface area contributed by atoms with Crippen molar-refractivity contribution in [2.45, 2.75) is 32.3 Å². The van der Waals surface area contributed by atoms with Gasteiger partial charge in [-0.2, -0.15) is 4.98 Å². The molecule has 6 heteroatoms. The van der Waals surface area contributed by atoms with Crippen LogP contribution in [0.15, 0.2) is 41.2 Å². The SMILES string of the molecule is [2H]C([2H])([2H])n1c(=O)nc(N2CCCc3c(C#CC(C)(C)O)cccc32)c2c(Cl)cccc21. The van der Waals surface area contributed by atoms with E-state index in [4.69, 9.17) is 15.7 Å². The Morgan fingerprint density at radius 1 is 1.28 bits per heavy atom. The van der Waals surface area contributed by atoms with Crippen molar-refractivity contribution < 1.29 is 9.22 Å². The summed E-state index contributed by atoms with van der Waals surface area (Å²) >= 11 is 6.50. The monoisotopic (exact) mass is 410 g/mol. The number of hydrogen-bond donors (Lipinski definition) is 1. The van der Waals surface area contributed by atoms with Crippen LogP contribution in [-0.4, -0.2) is 26.8 Å². The molecule has 0 unspecified atom stereocenters. The molecule has 0 aliphatic carbocycles. The summed E-state index contributed by atoms with van der Waals surface area (Å²) in [5.74, 6) is 6.23. The molecule has 2 aromatic carbocycles. The molecule has 2 heterocycles. The van der Waals surface area contributed by atoms with Crippen molar-refractivity contribution >= 4 is 34.0 Å². The number of aryl methyl sites for hydroxylation is 1. The lowest BCUT2D eigenvalue weighted by Crippen LogP contribution is -2.30. The number of aliphatic hydroxyl groups is 1. The first-order valence-electron chi connectivity index (χ1n) is 10.8. The molecule has 3 aromatic rings. The molecule has 0 saturated carbocycles. The Labute approximate surface area is 178 Å². The second kappa shape index (κ2) is 7.22. The molecular weight excluding hydrogens is 386 g/mol. The molecule has 0 radical (unpaired) electrons. The van der Waals surface area contributed by atoms with Gasteiger partial charge in [-0.3, -0.25) is 4.57 Å². The summed E-state index contributed by atoms with van der Waals surface area (Å²) in [6.45, 7) is 1.14. The fourth-order valence-electron chi connectivity index (χ4n) is 3.60. The predicted molar refractivity (Wildman–Crippen MR) is 117 cm³/mol. The van der Waals surface area contributed by atoms with Crippen molar-refractivity contribution in [2.75, 3.05) is 11.4 Å². The average Bonchev–Trinajstić information content (AvgIpc) is 2.69. The highest BCUT2D eigenvalue weighted by molar-refractivity contribution is 6.36. The zero-order valence-corrected chi connectivity index (χ0v) is 16.9. The fourth-order valence-corrected chi connectivity index (χ4v) is 3.85. The van der Waals surface area contributed by atoms with Crippen molar-refractivity contribution in [1.29, 1.82) is 0 Å². The van der Waals surface area contributed by atoms with E-state index in [2.05, 4.69) is 16.8 Å². The number of fused-ring (bicyclic) bond motifs is 2. The van der Waals surface area contributed by atoms with Gasteiger partial charge in [-0.15, -0.1) is 0 Å². The largest absolute Gasteiger partial charge is 0.378 e. The van der Waals surface area contributed by atoms with Gasteiger partial charge in [0.2, 0.25) is 0 Å². The van der Waals surface area contributed by atoms with Crippen molar-refractivity contribution in [3.63, 3.8) is 0 Å². The van der Waals surface area contributed by atoms with Crippen molar-refractivity contribution in [3.05, 3.63) is 63.0 Å². The number of aromatic nitrogens is 2. The topological polar surface area (TPSA) is 58.4 Å². The van der Waals surface area contributed by atoms with Crippen molar-refractivity contribution in [3.8, 4) is 11.8 Å². The van der Waals surface area contributed by atoms with Crippen LogP contribution in [-0.2, 0) is 13.4 Å². The molecule has 0 spiro atoms. The van der Waals surface area contributed by atoms with Crippen LogP contribution in [0, 0.1) is 11.8 Å². The van der Waals surface area contributed by atoms with Crippen LogP contribution >= 0.6 is 11.6 Å². The maximum absolute atomic E-state index is 12.8. The highest BCUT2D eigenvalue weighted by Gasteiger charge is 2.25. The quantitative estimate of drug-likeness (QED) is 0.620. The van der Waals surface area contributed by atoms with Crippen molar-refractivity contribution in [2.24, 2.45) is 6.98 Å². The molecule has 0 atom stereocenters. The summed E-state index contributed by atoms with van der Waals surface area (Å²) in [6, 6.07) is 10.5. The number of nitrogens with zero attached hydrogens (tertiary/aromatic N) is 3. The molecule has 1 aliphatic rings. The van der Waals surface area contributed by atoms with Gasteiger partial charge in [0, 0.05) is 28.9 Å². The number of rotatable bonds is 1. The van der Waals surface area contributed by atoms with E-state index in [-0.39, 0.29) is 5.52 Å². The Hall–Kier alpha value is -2.81. The first kappa shape index (κ1) is 16.0. The molecule has 0 bridgehead atoms. The molecule has 4 rings (SSSR count). The van der Waals surface area contributed by atoms with Gasteiger partial charge in [0.15, 0.2) is 0 Å². The van der Waals surface area contributed by atoms with E-state index in [1.165, 1.54) is 0 Å². The molecule has 5 nitrogen and oxygen atoms in total. The van der Waals surface area contributed by atoms with Crippen LogP contribution in [0.1, 0.15) is 35.5 Å². The Morgan fingerprint density at radius 3 is 2.83 bits per heavy atom. The summed E-state index contributed by atoms with van der Waals surface area (Å²) in [6.07, 6.45) is 1.56. The standard InChI is InChI=1S/C23H22ClN3O2/c1-23(2,29)13-12-15-7-4-10-18-16(15)8-6-14-27(18)21-20-17(24)9-5-11-19(20)26(3)22(28)25-21/h4-5,7,9-11,29H,6,8,14H2,1-3H3/i3D3. The third-order valence-corrected chi connectivity index (χ3v) is 5.17. The minimum Gasteiger partial charge on any atom is -0.378 e. The van der Waals surface area contributed by atoms with Crippen LogP contribution in [0.2, 0.25) is 5.02 Å². The lowest BCUT2D eigenvalue weighted by Gasteiger charge is -2.32. The summed E-state index contributed by atoms with van der Waals surface area (Å²) < 4.78 is 24.1. The molecular formula is C23H22ClN3O2. The Bertz CT molecular complexity index is 1330. The van der Waals surface area contributed by atoms with Crippen LogP contribution in [0.25, 0.3) is 10.9 Å². The van der Waals surface area contributed by atoms with E-state index in [9.17, 15) is 9.90 Å². The highest BCUT2D eigenvalue weighted by atomic mass is 35.5. The van der Waals surface area contributed by atoms with E-state index < -0.39 is 18.3 Å². The van der Waals surface area contributed by atoms with Gasteiger partial charge < -0.3 is 10.0 Å². The van der Waals surface area contributed by atoms with Gasteiger partial charge in [-0.05, 0) is 56.5 Å². The van der Waals surface area contributed by atoms with Gasteiger partial charge >= 0.3 is 5.69 Å². The third-order valence-electron chi connectivity index (χ3n) is 4.86. The average molecular weight is 411 g/mol. The minimum atomic E-state index is -2.69. The van der Waals surface area contributed by atoms with Crippen LogP contribution in [0.5, 0.6) is 0 Å². The predicted octanol–water partition coefficient (Wildman–Crippen LogP) is 3.79. The third kappa shape index (κ3) is 3.62. The maximum atomic E-state index is 12.8. The molecule has 29 heavy (non-hydrogen) atoms. The number of benzene rings is 2. The second-order valence-electron chi connectivity index (χ2n) is 7.55. The van der Waals surface area contributed by atoms with E-state index in [0.29, 0.717) is 27.3 Å². The lowest BCUT2D eigenvalue weighted by molar-refractivity contribution is 0.143. The van der Waals surface area contributed by atoms with Crippen LogP contribution in [0.3, 0.4) is 0 Å². The number of anilines is 2. The zero-order valence-electron chi connectivity index (χ0n) is 19.2. The van der Waals surface area contributed by atoms with Crippen molar-refractivity contribution in [1.82, 2.24) is 9.55 Å². The highest BCUT2D eigenvalue weighted by Crippen LogP contribution is 2.38.